The predicted molar refractivity (Wildman–Crippen MR) is 312 cm³/mol. The summed E-state index contributed by atoms with van der Waals surface area (Å²) in [7, 11) is 0. The number of para-hydroxylation sites is 4. The molecule has 74 heavy (non-hydrogen) atoms. The Morgan fingerprint density at radius 1 is 0.446 bits per heavy atom. The van der Waals surface area contributed by atoms with Crippen LogP contribution in [0.1, 0.15) is 76.0 Å². The van der Waals surface area contributed by atoms with Crippen molar-refractivity contribution >= 4 is 84.2 Å². The molecule has 1 aromatic heterocycles. The fourth-order valence-corrected chi connectivity index (χ4v) is 24.6. The second kappa shape index (κ2) is 24.6. The van der Waals surface area contributed by atoms with Crippen LogP contribution >= 0.6 is 0 Å². The van der Waals surface area contributed by atoms with Crippen molar-refractivity contribution in [3.8, 4) is 17.1 Å². The molecule has 0 unspecified atom stereocenters. The fourth-order valence-electron chi connectivity index (χ4n) is 9.72. The minimum absolute atomic E-state index is 0. The Kier molecular flexibility index (Phi) is 17.6. The normalized spacial score (nSPS) is 12.0. The van der Waals surface area contributed by atoms with E-state index in [0.29, 0.717) is 17.8 Å². The maximum atomic E-state index is 4.65. The van der Waals surface area contributed by atoms with Crippen LogP contribution in [-0.4, -0.2) is 50.0 Å². The molecule has 11 rings (SSSR count). The number of fused-ring (bicyclic) bond motifs is 1. The van der Waals surface area contributed by atoms with Gasteiger partial charge in [-0.3, -0.25) is 4.98 Å². The molecule has 368 valence electrons. The van der Waals surface area contributed by atoms with E-state index in [0.717, 1.165) is 17.1 Å². The first-order valence-corrected chi connectivity index (χ1v) is 33.0. The molecule has 0 bridgehead atoms. The maximum absolute atomic E-state index is 4.65. The van der Waals surface area contributed by atoms with Gasteiger partial charge in [0.15, 0.2) is 0 Å². The van der Waals surface area contributed by atoms with Gasteiger partial charge in [0, 0.05) is 18.1 Å². The zero-order valence-electron chi connectivity index (χ0n) is 42.8. The van der Waals surface area contributed by atoms with Gasteiger partial charge in [-0.15, -0.1) is 35.9 Å². The summed E-state index contributed by atoms with van der Waals surface area (Å²) < 4.78 is 11.1. The van der Waals surface area contributed by atoms with E-state index in [2.05, 4.69) is 280 Å². The average Bonchev–Trinajstić information content (AvgIpc) is 4.09. The second-order valence-corrected chi connectivity index (χ2v) is 31.6. The third kappa shape index (κ3) is 11.3. The molecule has 0 saturated carbocycles. The van der Waals surface area contributed by atoms with Crippen molar-refractivity contribution in [1.29, 1.82) is 0 Å². The number of anilines is 4. The van der Waals surface area contributed by atoms with Crippen molar-refractivity contribution in [3.05, 3.63) is 272 Å². The van der Waals surface area contributed by atoms with E-state index >= 15 is 0 Å². The molecule has 7 heteroatoms. The zero-order valence-corrected chi connectivity index (χ0v) is 50.3. The van der Waals surface area contributed by atoms with Crippen LogP contribution in [0.5, 0.6) is 0 Å². The van der Waals surface area contributed by atoms with E-state index in [4.69, 9.17) is 0 Å². The summed E-state index contributed by atoms with van der Waals surface area (Å²) in [5, 5.41) is 0. The molecule has 0 atom stereocenters. The molecule has 0 saturated heterocycles. The van der Waals surface area contributed by atoms with Crippen LogP contribution in [0.15, 0.2) is 237 Å². The average molecular weight is 1360 g/mol. The summed E-state index contributed by atoms with van der Waals surface area (Å²) in [4.78, 5) is 9.46. The number of nitrogens with zero attached hydrogens (tertiary/aromatic N) is 4. The first-order valence-electron chi connectivity index (χ1n) is 25.4. The molecule has 0 fully saturated rings. The summed E-state index contributed by atoms with van der Waals surface area (Å²) in [6.07, 6.45) is 3.97. The zero-order chi connectivity index (χ0) is 50.3. The van der Waals surface area contributed by atoms with Crippen molar-refractivity contribution in [2.45, 2.75) is 59.3 Å². The molecule has 10 aromatic rings. The second-order valence-electron chi connectivity index (χ2n) is 19.2. The van der Waals surface area contributed by atoms with Crippen LogP contribution in [-0.2, 0) is 20.1 Å². The van der Waals surface area contributed by atoms with Crippen molar-refractivity contribution in [1.82, 2.24) is 9.55 Å². The Bertz CT molecular complexity index is 3160. The van der Waals surface area contributed by atoms with Gasteiger partial charge in [0.05, 0.1) is 5.82 Å². The van der Waals surface area contributed by atoms with Crippen LogP contribution in [0.2, 0.25) is 0 Å². The van der Waals surface area contributed by atoms with Crippen molar-refractivity contribution < 1.29 is 20.1 Å². The van der Waals surface area contributed by atoms with Gasteiger partial charge in [0.2, 0.25) is 0 Å². The van der Waals surface area contributed by atoms with E-state index in [9.17, 15) is 0 Å². The summed E-state index contributed by atoms with van der Waals surface area (Å²) in [5.41, 5.74) is 11.2. The molecule has 9 aromatic carbocycles. The quantitative estimate of drug-likeness (QED) is 0.0849. The molecular weight excluding hydrogens is 1300 g/mol. The number of imidazole rings is 1. The summed E-state index contributed by atoms with van der Waals surface area (Å²) in [6, 6.07) is 89.0. The minimum atomic E-state index is -2.56. The molecule has 4 nitrogen and oxygen atoms in total. The number of aromatic nitrogens is 2. The van der Waals surface area contributed by atoms with Gasteiger partial charge >= 0.3 is 315 Å². The van der Waals surface area contributed by atoms with Gasteiger partial charge < -0.3 is 4.57 Å². The van der Waals surface area contributed by atoms with Crippen molar-refractivity contribution in [2.75, 3.05) is 9.80 Å². The summed E-state index contributed by atoms with van der Waals surface area (Å²) in [6.45, 7) is 15.9. The molecule has 0 radical (unpaired) electrons. The Morgan fingerprint density at radius 3 is 1.32 bits per heavy atom. The van der Waals surface area contributed by atoms with Gasteiger partial charge in [0.25, 0.3) is 0 Å². The van der Waals surface area contributed by atoms with E-state index < -0.39 is 40.4 Å². The van der Waals surface area contributed by atoms with E-state index in [-0.39, 0.29) is 20.1 Å². The monoisotopic (exact) mass is 1360 g/mol. The number of benzene rings is 9. The first-order chi connectivity index (χ1) is 35.8. The van der Waals surface area contributed by atoms with Crippen LogP contribution in [0, 0.1) is 18.8 Å². The molecule has 1 aliphatic rings. The fraction of sp³-hybridized carbons (Fsp3) is 0.134. The van der Waals surface area contributed by atoms with E-state index in [1.54, 1.807) is 0 Å². The van der Waals surface area contributed by atoms with Gasteiger partial charge in [0.1, 0.15) is 0 Å². The van der Waals surface area contributed by atoms with Crippen LogP contribution < -0.4 is 30.9 Å². The van der Waals surface area contributed by atoms with Gasteiger partial charge in [-0.05, 0) is 34.4 Å². The Morgan fingerprint density at radius 2 is 0.892 bits per heavy atom. The Balaban J connectivity index is 0.000000212. The third-order valence-electron chi connectivity index (χ3n) is 13.3. The first kappa shape index (κ1) is 52.9. The van der Waals surface area contributed by atoms with E-state index in [1.807, 2.05) is 36.5 Å². The van der Waals surface area contributed by atoms with Crippen LogP contribution in [0.25, 0.3) is 17.1 Å². The van der Waals surface area contributed by atoms with E-state index in [1.165, 1.54) is 60.5 Å². The Labute approximate surface area is 468 Å². The van der Waals surface area contributed by atoms with Crippen LogP contribution in [0.3, 0.4) is 0 Å². The third-order valence-corrected chi connectivity index (χ3v) is 27.4. The molecule has 2 heterocycles. The molecular formula is C67H61IrN4Sb2. The molecule has 0 aliphatic carbocycles. The Hall–Kier alpha value is -5.92. The predicted octanol–water partition coefficient (Wildman–Crippen LogP) is 12.6. The number of hydrogen-bond donors (Lipinski definition) is 0. The molecule has 0 N–H and O–H groups in total. The van der Waals surface area contributed by atoms with Crippen molar-refractivity contribution in [3.63, 3.8) is 0 Å². The van der Waals surface area contributed by atoms with Gasteiger partial charge in [-0.1, -0.05) is 53.7 Å². The standard InChI is InChI=1S/C24H29N2.C19H12N2.4C6H5.Ir.2Sb/c1-16(2)20-14-21(17(3)4)23(22(15-20)18(5)6)26-13-12-25-24(26)19-10-8-7-9-11-19;1-3-9-16(10-4-1)20-15-21(17-11-5-2-6-12-17)19-14-8-7-13-18(19)20;4*1-2-4-6-5-3-1;;;/h7-10,12-18H,1-6H3;1-9,13-15H;4*1-5H;;;/q-1;-2;;;;;+3;;. The summed E-state index contributed by atoms with van der Waals surface area (Å²) >= 11 is -5.12. The molecule has 0 amide bonds. The van der Waals surface area contributed by atoms with Gasteiger partial charge in [-0.2, -0.15) is 0 Å². The molecule has 1 aliphatic heterocycles. The summed E-state index contributed by atoms with van der Waals surface area (Å²) in [5.74, 6) is 2.35. The number of rotatable bonds is 13. The topological polar surface area (TPSA) is 24.3 Å². The van der Waals surface area contributed by atoms with Crippen molar-refractivity contribution in [2.24, 2.45) is 0 Å². The van der Waals surface area contributed by atoms with Crippen LogP contribution in [0.4, 0.5) is 22.7 Å². The molecule has 0 spiro atoms. The number of hydrogen-bond acceptors (Lipinski definition) is 3. The van der Waals surface area contributed by atoms with Gasteiger partial charge in [-0.25, -0.2) is 0 Å². The SMILES string of the molecule is CC(C)c1cc(C(C)C)c(-n2ccnc2-c2[c-]cccc2)c(C(C)C)c1.[Ir+3].[c-]1ccccc1N1[CH-]N(c2[c]([Sb]([c]3ccccc3)[c]3ccccc3)ccc[c]2[Sb]([c]2ccccc2)[c]2ccccc2)c2ccccc21.